The summed E-state index contributed by atoms with van der Waals surface area (Å²) in [5.74, 6) is 0. The van der Waals surface area contributed by atoms with Crippen LogP contribution in [0.25, 0.3) is 0 Å². The van der Waals surface area contributed by atoms with Gasteiger partial charge in [0.2, 0.25) is 0 Å². The summed E-state index contributed by atoms with van der Waals surface area (Å²) in [6, 6.07) is 7.57. The van der Waals surface area contributed by atoms with Crippen molar-refractivity contribution in [3.63, 3.8) is 0 Å². The van der Waals surface area contributed by atoms with E-state index in [1.807, 2.05) is 38.1 Å². The fraction of sp³-hybridized carbons (Fsp3) is 0.400. The Hall–Kier alpha value is -0.995. The van der Waals surface area contributed by atoms with Gasteiger partial charge in [-0.2, -0.15) is 0 Å². The first-order valence-corrected chi connectivity index (χ1v) is 4.72. The third kappa shape index (κ3) is 1.91. The average molecular weight is 191 g/mol. The van der Waals surface area contributed by atoms with E-state index in [9.17, 15) is 0 Å². The van der Waals surface area contributed by atoms with Gasteiger partial charge in [0.05, 0.1) is 12.2 Å². The van der Waals surface area contributed by atoms with Crippen molar-refractivity contribution in [2.45, 2.75) is 19.4 Å². The molecule has 1 aliphatic rings. The maximum Gasteiger partial charge on any atom is 0.494 e. The molecule has 1 fully saturated rings. The molecule has 0 spiro atoms. The molecule has 1 saturated heterocycles. The lowest BCUT2D eigenvalue weighted by Crippen LogP contribution is -2.34. The first kappa shape index (κ1) is 9.56. The highest BCUT2D eigenvalue weighted by molar-refractivity contribution is 6.61. The molecule has 2 rings (SSSR count). The van der Waals surface area contributed by atoms with E-state index in [1.54, 1.807) is 0 Å². The second-order valence-corrected chi connectivity index (χ2v) is 4.19. The van der Waals surface area contributed by atoms with Gasteiger partial charge in [0, 0.05) is 5.69 Å². The van der Waals surface area contributed by atoms with Crippen molar-refractivity contribution in [3.8, 4) is 0 Å². The summed E-state index contributed by atoms with van der Waals surface area (Å²) in [6.45, 7) is 4.66. The number of nitrogens with two attached hydrogens (primary N) is 1. The van der Waals surface area contributed by atoms with Crippen molar-refractivity contribution in [2.75, 3.05) is 12.3 Å². The molecule has 1 heterocycles. The van der Waals surface area contributed by atoms with Gasteiger partial charge in [-0.15, -0.1) is 0 Å². The second kappa shape index (κ2) is 3.30. The summed E-state index contributed by atoms with van der Waals surface area (Å²) >= 11 is 0. The number of anilines is 1. The molecule has 1 aliphatic heterocycles. The summed E-state index contributed by atoms with van der Waals surface area (Å²) < 4.78 is 11.2. The van der Waals surface area contributed by atoms with Crippen LogP contribution in [0.15, 0.2) is 24.3 Å². The van der Waals surface area contributed by atoms with E-state index in [4.69, 9.17) is 15.0 Å². The molecular formula is C10H14BNO2. The van der Waals surface area contributed by atoms with E-state index in [0.29, 0.717) is 6.61 Å². The van der Waals surface area contributed by atoms with Gasteiger partial charge in [-0.25, -0.2) is 0 Å². The summed E-state index contributed by atoms with van der Waals surface area (Å²) in [5.41, 5.74) is 7.18. The molecule has 14 heavy (non-hydrogen) atoms. The Morgan fingerprint density at radius 3 is 2.43 bits per heavy atom. The molecule has 1 aromatic carbocycles. The molecule has 0 atom stereocenters. The molecule has 1 aromatic rings. The lowest BCUT2D eigenvalue weighted by Gasteiger charge is -2.15. The highest BCUT2D eigenvalue weighted by atomic mass is 16.7. The van der Waals surface area contributed by atoms with Gasteiger partial charge < -0.3 is 15.0 Å². The van der Waals surface area contributed by atoms with Gasteiger partial charge in [0.1, 0.15) is 0 Å². The predicted octanol–water partition coefficient (Wildman–Crippen LogP) is 0.789. The zero-order valence-corrected chi connectivity index (χ0v) is 8.49. The Kier molecular flexibility index (Phi) is 2.25. The van der Waals surface area contributed by atoms with Crippen LogP contribution in [-0.4, -0.2) is 19.3 Å². The summed E-state index contributed by atoms with van der Waals surface area (Å²) in [7, 11) is -0.245. The second-order valence-electron chi connectivity index (χ2n) is 4.19. The molecule has 3 nitrogen and oxygen atoms in total. The number of hydrogen-bond acceptors (Lipinski definition) is 3. The Morgan fingerprint density at radius 1 is 1.29 bits per heavy atom. The van der Waals surface area contributed by atoms with E-state index < -0.39 is 0 Å². The van der Waals surface area contributed by atoms with E-state index >= 15 is 0 Å². The van der Waals surface area contributed by atoms with E-state index in [-0.39, 0.29) is 12.7 Å². The van der Waals surface area contributed by atoms with Crippen molar-refractivity contribution in [2.24, 2.45) is 0 Å². The minimum Gasteiger partial charge on any atom is -0.404 e. The van der Waals surface area contributed by atoms with Crippen LogP contribution in [0.3, 0.4) is 0 Å². The Bertz CT molecular complexity index is 323. The van der Waals surface area contributed by atoms with E-state index in [2.05, 4.69) is 0 Å². The number of nitrogen functional groups attached to an aromatic ring is 1. The minimum atomic E-state index is -0.245. The molecule has 2 N–H and O–H groups in total. The molecule has 4 heteroatoms. The fourth-order valence-electron chi connectivity index (χ4n) is 1.45. The SMILES string of the molecule is CC1(C)COB(c2ccc(N)cc2)O1. The monoisotopic (exact) mass is 191 g/mol. The third-order valence-electron chi connectivity index (χ3n) is 2.22. The van der Waals surface area contributed by atoms with Crippen molar-refractivity contribution < 1.29 is 9.31 Å². The predicted molar refractivity (Wildman–Crippen MR) is 57.4 cm³/mol. The molecule has 0 unspecified atom stereocenters. The maximum atomic E-state index is 5.71. The molecule has 74 valence electrons. The summed E-state index contributed by atoms with van der Waals surface area (Å²) in [5, 5.41) is 0. The molecule has 0 aromatic heterocycles. The zero-order chi connectivity index (χ0) is 10.2. The molecule has 0 amide bonds. The first-order chi connectivity index (χ1) is 6.57. The lowest BCUT2D eigenvalue weighted by atomic mass is 9.79. The van der Waals surface area contributed by atoms with Crippen LogP contribution < -0.4 is 11.2 Å². The number of rotatable bonds is 1. The van der Waals surface area contributed by atoms with Gasteiger partial charge in [0.15, 0.2) is 0 Å². The maximum absolute atomic E-state index is 5.71. The largest absolute Gasteiger partial charge is 0.494 e. The lowest BCUT2D eigenvalue weighted by molar-refractivity contribution is 0.137. The zero-order valence-electron chi connectivity index (χ0n) is 8.49. The van der Waals surface area contributed by atoms with Crippen LogP contribution in [0.4, 0.5) is 5.69 Å². The van der Waals surface area contributed by atoms with Crippen LogP contribution in [0, 0.1) is 0 Å². The van der Waals surface area contributed by atoms with Crippen molar-refractivity contribution in [1.82, 2.24) is 0 Å². The summed E-state index contributed by atoms with van der Waals surface area (Å²) in [4.78, 5) is 0. The van der Waals surface area contributed by atoms with Gasteiger partial charge in [0.25, 0.3) is 0 Å². The Morgan fingerprint density at radius 2 is 1.93 bits per heavy atom. The minimum absolute atomic E-state index is 0.188. The van der Waals surface area contributed by atoms with Gasteiger partial charge in [-0.3, -0.25) is 0 Å². The van der Waals surface area contributed by atoms with Crippen LogP contribution in [0.2, 0.25) is 0 Å². The molecule has 0 aliphatic carbocycles. The molecule has 0 bridgehead atoms. The van der Waals surface area contributed by atoms with E-state index in [1.165, 1.54) is 0 Å². The Balaban J connectivity index is 2.14. The van der Waals surface area contributed by atoms with Crippen LogP contribution in [-0.2, 0) is 9.31 Å². The topological polar surface area (TPSA) is 44.5 Å². The Labute approximate surface area is 84.3 Å². The normalized spacial score (nSPS) is 20.0. The standard InChI is InChI=1S/C10H14BNO2/c1-10(2)7-13-11(14-10)8-3-5-9(12)6-4-8/h3-6H,7,12H2,1-2H3. The van der Waals surface area contributed by atoms with Crippen molar-refractivity contribution in [1.29, 1.82) is 0 Å². The quantitative estimate of drug-likeness (QED) is 0.527. The molecule has 0 saturated carbocycles. The van der Waals surface area contributed by atoms with Gasteiger partial charge in [-0.05, 0) is 31.4 Å². The first-order valence-electron chi connectivity index (χ1n) is 4.72. The molecular weight excluding hydrogens is 177 g/mol. The highest BCUT2D eigenvalue weighted by Crippen LogP contribution is 2.19. The van der Waals surface area contributed by atoms with E-state index in [0.717, 1.165) is 11.2 Å². The average Bonchev–Trinajstić information content (AvgIpc) is 2.47. The van der Waals surface area contributed by atoms with Crippen LogP contribution >= 0.6 is 0 Å². The smallest absolute Gasteiger partial charge is 0.404 e. The fourth-order valence-corrected chi connectivity index (χ4v) is 1.45. The van der Waals surface area contributed by atoms with Crippen LogP contribution in [0.1, 0.15) is 13.8 Å². The van der Waals surface area contributed by atoms with Crippen molar-refractivity contribution >= 4 is 18.3 Å². The summed E-state index contributed by atoms with van der Waals surface area (Å²) in [6.07, 6.45) is 0. The third-order valence-corrected chi connectivity index (χ3v) is 2.22. The van der Waals surface area contributed by atoms with Crippen molar-refractivity contribution in [3.05, 3.63) is 24.3 Å². The highest BCUT2D eigenvalue weighted by Gasteiger charge is 2.37. The number of hydrogen-bond donors (Lipinski definition) is 1. The van der Waals surface area contributed by atoms with Crippen LogP contribution in [0.5, 0.6) is 0 Å². The van der Waals surface area contributed by atoms with Gasteiger partial charge in [-0.1, -0.05) is 12.1 Å². The number of benzene rings is 1. The molecule has 0 radical (unpaired) electrons. The van der Waals surface area contributed by atoms with Gasteiger partial charge >= 0.3 is 7.12 Å².